The first kappa shape index (κ1) is 35.4. The summed E-state index contributed by atoms with van der Waals surface area (Å²) in [6.45, 7) is 6.78. The standard InChI is InChI=1S/C41H57N3O5/c1-2-3-4-5-6-9-20-48-40(47)35-14-12-31(13-15-35)30-49-37-11-8-7-10-36(37)29-43-16-18-44(19-17-43)39(46)28-42-38(45)27-41-24-32-21-33(25-41)23-34(22-32)26-41/h7-8,10-15,32-34H,2-6,9,16-30H2,1H3,(H,42,45). The highest BCUT2D eigenvalue weighted by atomic mass is 16.5. The first-order valence-corrected chi connectivity index (χ1v) is 19.1. The molecule has 5 aliphatic rings. The van der Waals surface area contributed by atoms with Gasteiger partial charge < -0.3 is 19.7 Å². The van der Waals surface area contributed by atoms with Crippen LogP contribution in [0.1, 0.15) is 112 Å². The van der Waals surface area contributed by atoms with E-state index in [9.17, 15) is 14.4 Å². The first-order valence-electron chi connectivity index (χ1n) is 19.1. The van der Waals surface area contributed by atoms with Crippen LogP contribution in [0.15, 0.2) is 48.5 Å². The van der Waals surface area contributed by atoms with Crippen molar-refractivity contribution in [1.82, 2.24) is 15.1 Å². The minimum Gasteiger partial charge on any atom is -0.489 e. The Hall–Kier alpha value is -3.39. The molecule has 1 saturated heterocycles. The van der Waals surface area contributed by atoms with Crippen molar-refractivity contribution in [2.24, 2.45) is 23.2 Å². The third-order valence-corrected chi connectivity index (χ3v) is 11.5. The number of para-hydroxylation sites is 1. The second-order valence-corrected chi connectivity index (χ2v) is 15.5. The van der Waals surface area contributed by atoms with Crippen LogP contribution in [0.4, 0.5) is 0 Å². The van der Waals surface area contributed by atoms with E-state index >= 15 is 0 Å². The van der Waals surface area contributed by atoms with E-state index in [1.54, 1.807) is 0 Å². The fourth-order valence-corrected chi connectivity index (χ4v) is 9.40. The molecular formula is C41H57N3O5. The van der Waals surface area contributed by atoms with E-state index in [0.29, 0.717) is 38.3 Å². The fraction of sp³-hybridized carbons (Fsp3) is 0.634. The molecule has 2 aromatic carbocycles. The Morgan fingerprint density at radius 3 is 2.16 bits per heavy atom. The van der Waals surface area contributed by atoms with Crippen LogP contribution in [-0.4, -0.2) is 66.9 Å². The van der Waals surface area contributed by atoms with Crippen LogP contribution in [0.5, 0.6) is 5.75 Å². The van der Waals surface area contributed by atoms with Crippen molar-refractivity contribution in [3.8, 4) is 5.75 Å². The predicted molar refractivity (Wildman–Crippen MR) is 191 cm³/mol. The zero-order chi connectivity index (χ0) is 34.1. The van der Waals surface area contributed by atoms with Crippen LogP contribution in [0.25, 0.3) is 0 Å². The molecule has 0 radical (unpaired) electrons. The van der Waals surface area contributed by atoms with Crippen LogP contribution in [0.2, 0.25) is 0 Å². The monoisotopic (exact) mass is 671 g/mol. The maximum absolute atomic E-state index is 13.0. The van der Waals surface area contributed by atoms with E-state index in [4.69, 9.17) is 9.47 Å². The average molecular weight is 672 g/mol. The van der Waals surface area contributed by atoms with Crippen LogP contribution in [0.3, 0.4) is 0 Å². The van der Waals surface area contributed by atoms with Crippen molar-refractivity contribution in [3.05, 3.63) is 65.2 Å². The number of nitrogens with zero attached hydrogens (tertiary/aromatic N) is 2. The van der Waals surface area contributed by atoms with Crippen molar-refractivity contribution >= 4 is 17.8 Å². The highest BCUT2D eigenvalue weighted by molar-refractivity contribution is 5.89. The summed E-state index contributed by atoms with van der Waals surface area (Å²) in [6.07, 6.45) is 15.3. The van der Waals surface area contributed by atoms with Crippen molar-refractivity contribution in [3.63, 3.8) is 0 Å². The van der Waals surface area contributed by atoms with E-state index in [0.717, 1.165) is 67.1 Å². The van der Waals surface area contributed by atoms with Gasteiger partial charge in [0.15, 0.2) is 0 Å². The van der Waals surface area contributed by atoms with E-state index in [-0.39, 0.29) is 29.7 Å². The lowest BCUT2D eigenvalue weighted by molar-refractivity contribution is -0.136. The molecule has 2 amide bonds. The highest BCUT2D eigenvalue weighted by Gasteiger charge is 2.51. The predicted octanol–water partition coefficient (Wildman–Crippen LogP) is 7.15. The van der Waals surface area contributed by atoms with Gasteiger partial charge in [0.05, 0.1) is 18.7 Å². The van der Waals surface area contributed by atoms with Gasteiger partial charge >= 0.3 is 5.97 Å². The normalized spacial score (nSPS) is 24.5. The molecule has 0 aromatic heterocycles. The SMILES string of the molecule is CCCCCCCCOC(=O)c1ccc(COc2ccccc2CN2CCN(C(=O)CNC(=O)CC34CC5CC(CC(C5)C3)C4)CC2)cc1. The van der Waals surface area contributed by atoms with E-state index in [1.807, 2.05) is 47.4 Å². The lowest BCUT2D eigenvalue weighted by Gasteiger charge is -2.56. The molecule has 8 nitrogen and oxygen atoms in total. The zero-order valence-electron chi connectivity index (χ0n) is 29.6. The highest BCUT2D eigenvalue weighted by Crippen LogP contribution is 2.61. The maximum atomic E-state index is 13.0. The van der Waals surface area contributed by atoms with Crippen molar-refractivity contribution < 1.29 is 23.9 Å². The Bertz CT molecular complexity index is 1360. The van der Waals surface area contributed by atoms with E-state index < -0.39 is 0 Å². The van der Waals surface area contributed by atoms with E-state index in [2.05, 4.69) is 23.2 Å². The van der Waals surface area contributed by atoms with Gasteiger partial charge in [0.1, 0.15) is 12.4 Å². The third kappa shape index (κ3) is 9.87. The Balaban J connectivity index is 0.888. The Kier molecular flexibility index (Phi) is 12.3. The summed E-state index contributed by atoms with van der Waals surface area (Å²) < 4.78 is 11.7. The number of hydrogen-bond donors (Lipinski definition) is 1. The van der Waals surface area contributed by atoms with Crippen molar-refractivity contribution in [2.45, 2.75) is 104 Å². The minimum absolute atomic E-state index is 0.0133. The number of rotatable bonds is 17. The largest absolute Gasteiger partial charge is 0.489 e. The van der Waals surface area contributed by atoms with Crippen LogP contribution >= 0.6 is 0 Å². The molecular weight excluding hydrogens is 614 g/mol. The number of benzene rings is 2. The number of ether oxygens (including phenoxy) is 2. The van der Waals surface area contributed by atoms with Gasteiger partial charge in [-0.05, 0) is 91.9 Å². The molecule has 0 spiro atoms. The summed E-state index contributed by atoms with van der Waals surface area (Å²) in [7, 11) is 0. The van der Waals surface area contributed by atoms with Gasteiger partial charge in [-0.25, -0.2) is 4.79 Å². The number of carbonyl (C=O) groups is 3. The molecule has 4 saturated carbocycles. The Morgan fingerprint density at radius 1 is 0.816 bits per heavy atom. The van der Waals surface area contributed by atoms with E-state index in [1.165, 1.54) is 64.2 Å². The second-order valence-electron chi connectivity index (χ2n) is 15.5. The molecule has 5 fully saturated rings. The number of hydrogen-bond acceptors (Lipinski definition) is 6. The van der Waals surface area contributed by atoms with Gasteiger partial charge in [-0.15, -0.1) is 0 Å². The van der Waals surface area contributed by atoms with Crippen molar-refractivity contribution in [2.75, 3.05) is 39.3 Å². The Labute approximate surface area is 293 Å². The summed E-state index contributed by atoms with van der Waals surface area (Å²) in [4.78, 5) is 42.6. The molecule has 0 unspecified atom stereocenters. The van der Waals surface area contributed by atoms with Gasteiger partial charge in [-0.2, -0.15) is 0 Å². The molecule has 0 atom stereocenters. The molecule has 2 aromatic rings. The first-order chi connectivity index (χ1) is 23.9. The number of esters is 1. The van der Waals surface area contributed by atoms with Gasteiger partial charge in [0, 0.05) is 44.7 Å². The van der Waals surface area contributed by atoms with Gasteiger partial charge in [-0.1, -0.05) is 69.4 Å². The summed E-state index contributed by atoms with van der Waals surface area (Å²) >= 11 is 0. The fourth-order valence-electron chi connectivity index (χ4n) is 9.40. The van der Waals surface area contributed by atoms with Gasteiger partial charge in [0.25, 0.3) is 0 Å². The van der Waals surface area contributed by atoms with Crippen LogP contribution in [-0.2, 0) is 27.5 Å². The summed E-state index contributed by atoms with van der Waals surface area (Å²) in [6, 6.07) is 15.6. The quantitative estimate of drug-likeness (QED) is 0.142. The number of nitrogens with one attached hydrogen (secondary N) is 1. The molecule has 49 heavy (non-hydrogen) atoms. The summed E-state index contributed by atoms with van der Waals surface area (Å²) in [5.41, 5.74) is 2.85. The number of piperazine rings is 1. The van der Waals surface area contributed by atoms with Gasteiger partial charge in [0.2, 0.25) is 11.8 Å². The molecule has 4 aliphatic carbocycles. The van der Waals surface area contributed by atoms with Gasteiger partial charge in [-0.3, -0.25) is 14.5 Å². The summed E-state index contributed by atoms with van der Waals surface area (Å²) in [5, 5.41) is 2.98. The maximum Gasteiger partial charge on any atom is 0.338 e. The van der Waals surface area contributed by atoms with Crippen LogP contribution < -0.4 is 10.1 Å². The lowest BCUT2D eigenvalue weighted by Crippen LogP contribution is -2.51. The number of amides is 2. The van der Waals surface area contributed by atoms with Crippen LogP contribution in [0, 0.1) is 23.2 Å². The zero-order valence-corrected chi connectivity index (χ0v) is 29.6. The average Bonchev–Trinajstić information content (AvgIpc) is 3.09. The molecule has 7 rings (SSSR count). The molecule has 8 heteroatoms. The third-order valence-electron chi connectivity index (χ3n) is 11.5. The molecule has 1 N–H and O–H groups in total. The topological polar surface area (TPSA) is 88.2 Å². The lowest BCUT2D eigenvalue weighted by atomic mass is 9.49. The number of unbranched alkanes of at least 4 members (excludes halogenated alkanes) is 5. The molecule has 266 valence electrons. The molecule has 4 bridgehead atoms. The summed E-state index contributed by atoms with van der Waals surface area (Å²) in [5.74, 6) is 3.11. The minimum atomic E-state index is -0.273. The molecule has 1 aliphatic heterocycles. The van der Waals surface area contributed by atoms with Crippen molar-refractivity contribution in [1.29, 1.82) is 0 Å². The Morgan fingerprint density at radius 2 is 1.47 bits per heavy atom. The molecule has 1 heterocycles. The smallest absolute Gasteiger partial charge is 0.338 e. The number of carbonyl (C=O) groups excluding carboxylic acids is 3. The second kappa shape index (κ2) is 17.0.